The quantitative estimate of drug-likeness (QED) is 0.753. The average Bonchev–Trinajstić information content (AvgIpc) is 2.76. The first kappa shape index (κ1) is 14.2. The fraction of sp³-hybridized carbons (Fsp3) is 0.786. The zero-order valence-corrected chi connectivity index (χ0v) is 11.8. The topological polar surface area (TPSA) is 29.9 Å². The number of rotatable bonds is 8. The van der Waals surface area contributed by atoms with Crippen LogP contribution in [0, 0.1) is 5.92 Å². The predicted octanol–water partition coefficient (Wildman–Crippen LogP) is 2.64. The van der Waals surface area contributed by atoms with E-state index in [-0.39, 0.29) is 0 Å². The number of hydrogen-bond acceptors (Lipinski definition) is 2. The van der Waals surface area contributed by atoms with E-state index >= 15 is 0 Å². The molecule has 1 rings (SSSR count). The van der Waals surface area contributed by atoms with Gasteiger partial charge in [-0.3, -0.25) is 4.68 Å². The molecule has 0 spiro atoms. The molecule has 1 aromatic heterocycles. The van der Waals surface area contributed by atoms with Crippen molar-refractivity contribution in [3.8, 4) is 0 Å². The third-order valence-corrected chi connectivity index (χ3v) is 3.21. The summed E-state index contributed by atoms with van der Waals surface area (Å²) < 4.78 is 2.15. The fourth-order valence-electron chi connectivity index (χ4n) is 2.05. The molecule has 1 heterocycles. The van der Waals surface area contributed by atoms with E-state index in [0.29, 0.717) is 0 Å². The largest absolute Gasteiger partial charge is 0.317 e. The molecule has 0 amide bonds. The molecule has 1 aromatic rings. The first-order valence-electron chi connectivity index (χ1n) is 6.97. The Morgan fingerprint density at radius 2 is 2.12 bits per heavy atom. The van der Waals surface area contributed by atoms with Crippen LogP contribution >= 0.6 is 0 Å². The highest BCUT2D eigenvalue weighted by molar-refractivity contribution is 5.10. The summed E-state index contributed by atoms with van der Waals surface area (Å²) in [5.74, 6) is 0.736. The van der Waals surface area contributed by atoms with Crippen LogP contribution in [0.5, 0.6) is 0 Å². The van der Waals surface area contributed by atoms with Gasteiger partial charge >= 0.3 is 0 Å². The van der Waals surface area contributed by atoms with E-state index in [4.69, 9.17) is 0 Å². The minimum atomic E-state index is 0.736. The molecule has 0 fully saturated rings. The molecule has 1 N–H and O–H groups in total. The van der Waals surface area contributed by atoms with Crippen molar-refractivity contribution in [2.24, 2.45) is 5.92 Å². The molecule has 17 heavy (non-hydrogen) atoms. The summed E-state index contributed by atoms with van der Waals surface area (Å²) in [6, 6.07) is 2.27. The van der Waals surface area contributed by atoms with Crippen LogP contribution in [-0.4, -0.2) is 22.9 Å². The van der Waals surface area contributed by atoms with Crippen molar-refractivity contribution in [2.45, 2.75) is 53.5 Å². The number of nitrogens with zero attached hydrogens (tertiary/aromatic N) is 2. The third kappa shape index (κ3) is 4.50. The van der Waals surface area contributed by atoms with Gasteiger partial charge in [0.1, 0.15) is 0 Å². The molecule has 3 heteroatoms. The van der Waals surface area contributed by atoms with Crippen molar-refractivity contribution in [3.05, 3.63) is 17.5 Å². The summed E-state index contributed by atoms with van der Waals surface area (Å²) in [5.41, 5.74) is 2.62. The van der Waals surface area contributed by atoms with Crippen molar-refractivity contribution in [2.75, 3.05) is 13.1 Å². The summed E-state index contributed by atoms with van der Waals surface area (Å²) in [6.07, 6.45) is 3.42. The molecule has 1 unspecified atom stereocenters. The highest BCUT2D eigenvalue weighted by atomic mass is 15.3. The van der Waals surface area contributed by atoms with E-state index in [0.717, 1.165) is 38.4 Å². The van der Waals surface area contributed by atoms with E-state index in [9.17, 15) is 0 Å². The lowest BCUT2D eigenvalue weighted by atomic mass is 10.0. The molecule has 0 aromatic carbocycles. The van der Waals surface area contributed by atoms with Crippen LogP contribution in [-0.2, 0) is 19.4 Å². The minimum Gasteiger partial charge on any atom is -0.317 e. The predicted molar refractivity (Wildman–Crippen MR) is 73.3 cm³/mol. The van der Waals surface area contributed by atoms with E-state index in [1.54, 1.807) is 0 Å². The number of nitrogens with one attached hydrogen (secondary N) is 1. The molecule has 1 atom stereocenters. The highest BCUT2D eigenvalue weighted by Gasteiger charge is 2.08. The molecule has 98 valence electrons. The lowest BCUT2D eigenvalue weighted by molar-refractivity contribution is 0.477. The van der Waals surface area contributed by atoms with Gasteiger partial charge in [-0.25, -0.2) is 0 Å². The van der Waals surface area contributed by atoms with Crippen molar-refractivity contribution < 1.29 is 0 Å². The van der Waals surface area contributed by atoms with E-state index in [1.165, 1.54) is 17.8 Å². The smallest absolute Gasteiger partial charge is 0.0624 e. The zero-order chi connectivity index (χ0) is 12.7. The molecule has 0 aliphatic rings. The molecule has 0 radical (unpaired) electrons. The van der Waals surface area contributed by atoms with Crippen molar-refractivity contribution in [1.29, 1.82) is 0 Å². The number of aromatic nitrogens is 2. The summed E-state index contributed by atoms with van der Waals surface area (Å²) in [7, 11) is 0. The Kier molecular flexibility index (Phi) is 6.27. The Labute approximate surface area is 106 Å². The lowest BCUT2D eigenvalue weighted by Crippen LogP contribution is -2.21. The maximum atomic E-state index is 4.59. The van der Waals surface area contributed by atoms with Gasteiger partial charge in [-0.1, -0.05) is 20.8 Å². The lowest BCUT2D eigenvalue weighted by Gasteiger charge is -2.11. The standard InChI is InChI=1S/C14H27N3/c1-5-13-10-14(17(7-3)16-13)9-8-12(4)11-15-6-2/h10,12,15H,5-9,11H2,1-4H3. The summed E-state index contributed by atoms with van der Waals surface area (Å²) in [6.45, 7) is 12.0. The maximum Gasteiger partial charge on any atom is 0.0624 e. The van der Waals surface area contributed by atoms with Gasteiger partial charge in [0.15, 0.2) is 0 Å². The SMILES string of the molecule is CCNCC(C)CCc1cc(CC)nn1CC. The fourth-order valence-corrected chi connectivity index (χ4v) is 2.05. The second-order valence-electron chi connectivity index (χ2n) is 4.75. The van der Waals surface area contributed by atoms with Gasteiger partial charge in [-0.15, -0.1) is 0 Å². The average molecular weight is 237 g/mol. The zero-order valence-electron chi connectivity index (χ0n) is 11.8. The Hall–Kier alpha value is -0.830. The summed E-state index contributed by atoms with van der Waals surface area (Å²) in [5, 5.41) is 8.00. The van der Waals surface area contributed by atoms with Gasteiger partial charge < -0.3 is 5.32 Å². The van der Waals surface area contributed by atoms with E-state index in [2.05, 4.69) is 48.9 Å². The number of hydrogen-bond donors (Lipinski definition) is 1. The molecular formula is C14H27N3. The molecule has 0 bridgehead atoms. The van der Waals surface area contributed by atoms with Crippen LogP contribution < -0.4 is 5.32 Å². The van der Waals surface area contributed by atoms with Gasteiger partial charge in [0.2, 0.25) is 0 Å². The first-order chi connectivity index (χ1) is 8.21. The molecule has 0 aliphatic heterocycles. The molecule has 0 saturated heterocycles. The number of aryl methyl sites for hydroxylation is 3. The van der Waals surface area contributed by atoms with Crippen LogP contribution in [0.15, 0.2) is 6.07 Å². The maximum absolute atomic E-state index is 4.59. The summed E-state index contributed by atoms with van der Waals surface area (Å²) in [4.78, 5) is 0. The normalized spacial score (nSPS) is 12.9. The van der Waals surface area contributed by atoms with Gasteiger partial charge in [0.25, 0.3) is 0 Å². The Morgan fingerprint density at radius 1 is 1.35 bits per heavy atom. The van der Waals surface area contributed by atoms with Crippen LogP contribution in [0.25, 0.3) is 0 Å². The van der Waals surface area contributed by atoms with Crippen molar-refractivity contribution in [3.63, 3.8) is 0 Å². The van der Waals surface area contributed by atoms with Gasteiger partial charge in [0, 0.05) is 12.2 Å². The molecule has 0 saturated carbocycles. The van der Waals surface area contributed by atoms with E-state index < -0.39 is 0 Å². The van der Waals surface area contributed by atoms with Crippen molar-refractivity contribution in [1.82, 2.24) is 15.1 Å². The van der Waals surface area contributed by atoms with Gasteiger partial charge in [0.05, 0.1) is 5.69 Å². The second kappa shape index (κ2) is 7.49. The van der Waals surface area contributed by atoms with E-state index in [1.807, 2.05) is 0 Å². The van der Waals surface area contributed by atoms with Crippen LogP contribution in [0.1, 0.15) is 45.5 Å². The molecule has 0 aliphatic carbocycles. The monoisotopic (exact) mass is 237 g/mol. The van der Waals surface area contributed by atoms with Gasteiger partial charge in [-0.2, -0.15) is 5.10 Å². The van der Waals surface area contributed by atoms with Crippen molar-refractivity contribution >= 4 is 0 Å². The van der Waals surface area contributed by atoms with Crippen LogP contribution in [0.4, 0.5) is 0 Å². The molecular weight excluding hydrogens is 210 g/mol. The third-order valence-electron chi connectivity index (χ3n) is 3.21. The Bertz CT molecular complexity index is 317. The first-order valence-corrected chi connectivity index (χ1v) is 6.97. The summed E-state index contributed by atoms with van der Waals surface area (Å²) >= 11 is 0. The highest BCUT2D eigenvalue weighted by Crippen LogP contribution is 2.11. The Morgan fingerprint density at radius 3 is 2.71 bits per heavy atom. The Balaban J connectivity index is 2.47. The minimum absolute atomic E-state index is 0.736. The molecule has 3 nitrogen and oxygen atoms in total. The van der Waals surface area contributed by atoms with Crippen LogP contribution in [0.3, 0.4) is 0 Å². The second-order valence-corrected chi connectivity index (χ2v) is 4.75. The van der Waals surface area contributed by atoms with Gasteiger partial charge in [-0.05, 0) is 51.3 Å². The van der Waals surface area contributed by atoms with Crippen LogP contribution in [0.2, 0.25) is 0 Å².